The second-order valence-electron chi connectivity index (χ2n) is 5.30. The first kappa shape index (κ1) is 15.1. The second-order valence-corrected chi connectivity index (χ2v) is 5.30. The molecule has 1 atom stereocenters. The molecule has 0 radical (unpaired) electrons. The van der Waals surface area contributed by atoms with Crippen molar-refractivity contribution in [3.63, 3.8) is 0 Å². The maximum Gasteiger partial charge on any atom is 0.119 e. The summed E-state index contributed by atoms with van der Waals surface area (Å²) in [4.78, 5) is 2.35. The Labute approximate surface area is 121 Å². The first-order chi connectivity index (χ1) is 9.79. The lowest BCUT2D eigenvalue weighted by Crippen LogP contribution is -2.42. The molecule has 1 heterocycles. The van der Waals surface area contributed by atoms with E-state index in [-0.39, 0.29) is 0 Å². The van der Waals surface area contributed by atoms with E-state index in [2.05, 4.69) is 24.0 Å². The average molecular weight is 278 g/mol. The van der Waals surface area contributed by atoms with Gasteiger partial charge in [-0.05, 0) is 43.5 Å². The zero-order chi connectivity index (χ0) is 14.2. The molecule has 1 saturated heterocycles. The molecule has 1 aliphatic heterocycles. The molecular formula is C16H26N2O2. The van der Waals surface area contributed by atoms with E-state index in [9.17, 15) is 0 Å². The number of nitrogens with two attached hydrogens (primary N) is 1. The number of hydrogen-bond donors (Lipinski definition) is 1. The predicted octanol–water partition coefficient (Wildman–Crippen LogP) is 2.42. The van der Waals surface area contributed by atoms with Crippen LogP contribution in [0, 0.1) is 0 Å². The monoisotopic (exact) mass is 278 g/mol. The number of benzene rings is 1. The van der Waals surface area contributed by atoms with Crippen LogP contribution in [0.1, 0.15) is 26.2 Å². The van der Waals surface area contributed by atoms with Gasteiger partial charge in [0, 0.05) is 31.4 Å². The van der Waals surface area contributed by atoms with Gasteiger partial charge in [-0.25, -0.2) is 0 Å². The smallest absolute Gasteiger partial charge is 0.119 e. The minimum Gasteiger partial charge on any atom is -0.491 e. The fourth-order valence-electron chi connectivity index (χ4n) is 2.46. The fourth-order valence-corrected chi connectivity index (χ4v) is 2.46. The van der Waals surface area contributed by atoms with E-state index in [0.717, 1.165) is 38.3 Å². The summed E-state index contributed by atoms with van der Waals surface area (Å²) in [5, 5.41) is 0. The van der Waals surface area contributed by atoms with Gasteiger partial charge < -0.3 is 20.1 Å². The van der Waals surface area contributed by atoms with E-state index in [0.29, 0.717) is 19.3 Å². The van der Waals surface area contributed by atoms with Crippen molar-refractivity contribution in [3.05, 3.63) is 24.3 Å². The average Bonchev–Trinajstić information content (AvgIpc) is 2.48. The van der Waals surface area contributed by atoms with Gasteiger partial charge >= 0.3 is 0 Å². The predicted molar refractivity (Wildman–Crippen MR) is 82.5 cm³/mol. The highest BCUT2D eigenvalue weighted by Crippen LogP contribution is 2.22. The Morgan fingerprint density at radius 3 is 2.70 bits per heavy atom. The van der Waals surface area contributed by atoms with Crippen molar-refractivity contribution < 1.29 is 9.47 Å². The van der Waals surface area contributed by atoms with Crippen LogP contribution >= 0.6 is 0 Å². The number of ether oxygens (including phenoxy) is 2. The van der Waals surface area contributed by atoms with Crippen LogP contribution in [0.25, 0.3) is 0 Å². The van der Waals surface area contributed by atoms with Gasteiger partial charge in [-0.1, -0.05) is 6.92 Å². The molecule has 4 heteroatoms. The van der Waals surface area contributed by atoms with Crippen molar-refractivity contribution in [2.75, 3.05) is 37.8 Å². The van der Waals surface area contributed by atoms with E-state index >= 15 is 0 Å². The Kier molecular flexibility index (Phi) is 6.15. The first-order valence-corrected chi connectivity index (χ1v) is 7.60. The maximum atomic E-state index is 6.02. The molecule has 2 rings (SSSR count). The number of rotatable bonds is 7. The molecule has 1 unspecified atom stereocenters. The maximum absolute atomic E-state index is 6.02. The number of hydrogen-bond acceptors (Lipinski definition) is 4. The van der Waals surface area contributed by atoms with E-state index in [1.54, 1.807) is 0 Å². The van der Waals surface area contributed by atoms with Crippen LogP contribution in [0.3, 0.4) is 0 Å². The molecule has 1 aromatic rings. The molecule has 0 aliphatic carbocycles. The molecule has 112 valence electrons. The highest BCUT2D eigenvalue weighted by Gasteiger charge is 2.16. The quantitative estimate of drug-likeness (QED) is 0.778. The van der Waals surface area contributed by atoms with Crippen LogP contribution in [0.5, 0.6) is 5.75 Å². The Morgan fingerprint density at radius 1 is 1.20 bits per heavy atom. The Balaban J connectivity index is 1.77. The largest absolute Gasteiger partial charge is 0.491 e. The third-order valence-electron chi connectivity index (χ3n) is 3.50. The Morgan fingerprint density at radius 2 is 2.00 bits per heavy atom. The van der Waals surface area contributed by atoms with Crippen LogP contribution < -0.4 is 15.4 Å². The van der Waals surface area contributed by atoms with Crippen molar-refractivity contribution in [3.8, 4) is 5.75 Å². The van der Waals surface area contributed by atoms with Gasteiger partial charge in [0.1, 0.15) is 12.4 Å². The molecule has 2 N–H and O–H groups in total. The number of anilines is 1. The Bertz CT molecular complexity index is 381. The van der Waals surface area contributed by atoms with E-state index in [1.807, 2.05) is 12.1 Å². The van der Waals surface area contributed by atoms with E-state index in [4.69, 9.17) is 15.2 Å². The molecule has 0 bridgehead atoms. The second kappa shape index (κ2) is 8.12. The summed E-state index contributed by atoms with van der Waals surface area (Å²) < 4.78 is 11.0. The molecule has 1 aliphatic rings. The SMILES string of the molecule is CCCOCCOc1ccc(N2CCCC(N)C2)cc1. The van der Waals surface area contributed by atoms with Gasteiger partial charge in [-0.15, -0.1) is 0 Å². The highest BCUT2D eigenvalue weighted by molar-refractivity contribution is 5.49. The zero-order valence-corrected chi connectivity index (χ0v) is 12.4. The lowest BCUT2D eigenvalue weighted by Gasteiger charge is -2.32. The summed E-state index contributed by atoms with van der Waals surface area (Å²) in [6, 6.07) is 8.57. The third-order valence-corrected chi connectivity index (χ3v) is 3.50. The van der Waals surface area contributed by atoms with Crippen molar-refractivity contribution in [2.45, 2.75) is 32.2 Å². The normalized spacial score (nSPS) is 19.1. The molecule has 4 nitrogen and oxygen atoms in total. The molecular weight excluding hydrogens is 252 g/mol. The highest BCUT2D eigenvalue weighted by atomic mass is 16.5. The van der Waals surface area contributed by atoms with Gasteiger partial charge in [0.2, 0.25) is 0 Å². The molecule has 1 fully saturated rings. The van der Waals surface area contributed by atoms with Gasteiger partial charge in [0.05, 0.1) is 6.61 Å². The number of nitrogens with zero attached hydrogens (tertiary/aromatic N) is 1. The zero-order valence-electron chi connectivity index (χ0n) is 12.4. The summed E-state index contributed by atoms with van der Waals surface area (Å²) in [6.45, 7) is 6.21. The van der Waals surface area contributed by atoms with Crippen molar-refractivity contribution in [2.24, 2.45) is 5.73 Å². The van der Waals surface area contributed by atoms with Crippen LogP contribution in [0.2, 0.25) is 0 Å². The molecule has 0 saturated carbocycles. The molecule has 0 spiro atoms. The first-order valence-electron chi connectivity index (χ1n) is 7.60. The number of piperidine rings is 1. The fraction of sp³-hybridized carbons (Fsp3) is 0.625. The van der Waals surface area contributed by atoms with Crippen LogP contribution in [-0.4, -0.2) is 39.0 Å². The van der Waals surface area contributed by atoms with Crippen LogP contribution in [-0.2, 0) is 4.74 Å². The minimum atomic E-state index is 0.301. The Hall–Kier alpha value is -1.26. The van der Waals surface area contributed by atoms with Crippen molar-refractivity contribution in [1.29, 1.82) is 0 Å². The summed E-state index contributed by atoms with van der Waals surface area (Å²) in [5.74, 6) is 0.898. The summed E-state index contributed by atoms with van der Waals surface area (Å²) >= 11 is 0. The van der Waals surface area contributed by atoms with Gasteiger partial charge in [0.25, 0.3) is 0 Å². The van der Waals surface area contributed by atoms with Crippen molar-refractivity contribution in [1.82, 2.24) is 0 Å². The molecule has 1 aromatic carbocycles. The van der Waals surface area contributed by atoms with Crippen LogP contribution in [0.4, 0.5) is 5.69 Å². The minimum absolute atomic E-state index is 0.301. The molecule has 0 amide bonds. The van der Waals surface area contributed by atoms with Gasteiger partial charge in [-0.2, -0.15) is 0 Å². The summed E-state index contributed by atoms with van der Waals surface area (Å²) in [6.07, 6.45) is 3.36. The van der Waals surface area contributed by atoms with Crippen molar-refractivity contribution >= 4 is 5.69 Å². The van der Waals surface area contributed by atoms with Gasteiger partial charge in [-0.3, -0.25) is 0 Å². The summed E-state index contributed by atoms with van der Waals surface area (Å²) in [7, 11) is 0. The lowest BCUT2D eigenvalue weighted by molar-refractivity contribution is 0.101. The summed E-state index contributed by atoms with van der Waals surface area (Å²) in [5.41, 5.74) is 7.25. The van der Waals surface area contributed by atoms with E-state index in [1.165, 1.54) is 12.1 Å². The molecule has 0 aromatic heterocycles. The van der Waals surface area contributed by atoms with Gasteiger partial charge in [0.15, 0.2) is 0 Å². The topological polar surface area (TPSA) is 47.7 Å². The third kappa shape index (κ3) is 4.69. The van der Waals surface area contributed by atoms with E-state index < -0.39 is 0 Å². The lowest BCUT2D eigenvalue weighted by atomic mass is 10.1. The standard InChI is InChI=1S/C16H26N2O2/c1-2-10-19-11-12-20-16-7-5-15(6-8-16)18-9-3-4-14(17)13-18/h5-8,14H,2-4,9-13,17H2,1H3. The molecule has 20 heavy (non-hydrogen) atoms. The van der Waals surface area contributed by atoms with Crippen LogP contribution in [0.15, 0.2) is 24.3 Å².